The molecule has 0 saturated heterocycles. The van der Waals surface area contributed by atoms with Crippen LogP contribution >= 0.6 is 0 Å². The first kappa shape index (κ1) is 23.6. The molecule has 0 bridgehead atoms. The Hall–Kier alpha value is -3.57. The minimum absolute atomic E-state index is 0.181. The third-order valence-electron chi connectivity index (χ3n) is 6.00. The summed E-state index contributed by atoms with van der Waals surface area (Å²) in [5, 5.41) is 3.95. The fourth-order valence-corrected chi connectivity index (χ4v) is 4.14. The Labute approximate surface area is 200 Å². The Kier molecular flexibility index (Phi) is 7.03. The van der Waals surface area contributed by atoms with Crippen LogP contribution in [0, 0.1) is 5.82 Å². The van der Waals surface area contributed by atoms with Crippen LogP contribution in [0.25, 0.3) is 22.0 Å². The molecule has 3 aromatic carbocycles. The van der Waals surface area contributed by atoms with Gasteiger partial charge in [-0.15, -0.1) is 0 Å². The molecule has 4 nitrogen and oxygen atoms in total. The van der Waals surface area contributed by atoms with E-state index in [1.807, 2.05) is 30.3 Å². The molecule has 174 valence electrons. The van der Waals surface area contributed by atoms with Crippen LogP contribution in [0.3, 0.4) is 0 Å². The van der Waals surface area contributed by atoms with Gasteiger partial charge < -0.3 is 5.32 Å². The summed E-state index contributed by atoms with van der Waals surface area (Å²) < 4.78 is 13.1. The first-order valence-electron chi connectivity index (χ1n) is 11.6. The molecule has 1 N–H and O–H groups in total. The second-order valence-electron chi connectivity index (χ2n) is 9.11. The first-order chi connectivity index (χ1) is 16.3. The standard InChI is InChI=1S/C29H30FN3O/c1-19(2)33(20(3)4)18-27-14-11-24-17-26(15-16-28(24)31-27)32-29(34)23-7-5-21(6-8-23)22-9-12-25(30)13-10-22/h5-17,19-20H,18H2,1-4H3,(H,32,34). The van der Waals surface area contributed by atoms with Gasteiger partial charge in [-0.25, -0.2) is 4.39 Å². The van der Waals surface area contributed by atoms with Crippen LogP contribution < -0.4 is 5.32 Å². The smallest absolute Gasteiger partial charge is 0.255 e. The molecule has 0 fully saturated rings. The molecule has 1 amide bonds. The van der Waals surface area contributed by atoms with Crippen molar-refractivity contribution in [3.05, 3.63) is 95.9 Å². The van der Waals surface area contributed by atoms with Crippen molar-refractivity contribution in [2.45, 2.75) is 46.3 Å². The van der Waals surface area contributed by atoms with Crippen LogP contribution in [0.4, 0.5) is 10.1 Å². The highest BCUT2D eigenvalue weighted by Gasteiger charge is 2.15. The third kappa shape index (κ3) is 5.49. The van der Waals surface area contributed by atoms with Gasteiger partial charge >= 0.3 is 0 Å². The van der Waals surface area contributed by atoms with Gasteiger partial charge in [-0.1, -0.05) is 30.3 Å². The van der Waals surface area contributed by atoms with Crippen molar-refractivity contribution in [2.75, 3.05) is 5.32 Å². The maximum Gasteiger partial charge on any atom is 0.255 e. The molecular weight excluding hydrogens is 425 g/mol. The molecule has 0 unspecified atom stereocenters. The summed E-state index contributed by atoms with van der Waals surface area (Å²) in [4.78, 5) is 20.0. The van der Waals surface area contributed by atoms with E-state index in [1.165, 1.54) is 12.1 Å². The number of anilines is 1. The minimum atomic E-state index is -0.269. The lowest BCUT2D eigenvalue weighted by atomic mass is 10.0. The molecule has 4 rings (SSSR count). The molecule has 0 saturated carbocycles. The van der Waals surface area contributed by atoms with Gasteiger partial charge in [0.25, 0.3) is 5.91 Å². The number of rotatable bonds is 7. The van der Waals surface area contributed by atoms with Crippen molar-refractivity contribution in [3.8, 4) is 11.1 Å². The molecule has 0 atom stereocenters. The number of nitrogens with zero attached hydrogens (tertiary/aromatic N) is 2. The van der Waals surface area contributed by atoms with Gasteiger partial charge in [0.05, 0.1) is 11.2 Å². The number of nitrogens with one attached hydrogen (secondary N) is 1. The summed E-state index contributed by atoms with van der Waals surface area (Å²) in [6, 6.07) is 24.4. The largest absolute Gasteiger partial charge is 0.322 e. The fourth-order valence-electron chi connectivity index (χ4n) is 4.14. The average molecular weight is 456 g/mol. The second-order valence-corrected chi connectivity index (χ2v) is 9.11. The van der Waals surface area contributed by atoms with Gasteiger partial charge in [0.2, 0.25) is 0 Å². The lowest BCUT2D eigenvalue weighted by Crippen LogP contribution is -2.36. The Balaban J connectivity index is 1.46. The molecule has 0 radical (unpaired) electrons. The predicted molar refractivity (Wildman–Crippen MR) is 137 cm³/mol. The highest BCUT2D eigenvalue weighted by Crippen LogP contribution is 2.22. The number of amides is 1. The van der Waals surface area contributed by atoms with E-state index in [2.05, 4.69) is 50.0 Å². The van der Waals surface area contributed by atoms with Crippen molar-refractivity contribution in [3.63, 3.8) is 0 Å². The maximum absolute atomic E-state index is 13.1. The number of fused-ring (bicyclic) bond motifs is 1. The Morgan fingerprint density at radius 1 is 0.853 bits per heavy atom. The molecule has 0 aliphatic rings. The van der Waals surface area contributed by atoms with Gasteiger partial charge in [0.1, 0.15) is 5.82 Å². The molecule has 5 heteroatoms. The van der Waals surface area contributed by atoms with Crippen molar-refractivity contribution in [2.24, 2.45) is 0 Å². The lowest BCUT2D eigenvalue weighted by molar-refractivity contribution is 0.102. The van der Waals surface area contributed by atoms with Crippen molar-refractivity contribution in [1.29, 1.82) is 0 Å². The zero-order valence-electron chi connectivity index (χ0n) is 20.0. The van der Waals surface area contributed by atoms with E-state index in [0.29, 0.717) is 17.6 Å². The van der Waals surface area contributed by atoms with Crippen LogP contribution in [0.2, 0.25) is 0 Å². The zero-order valence-corrected chi connectivity index (χ0v) is 20.0. The number of halogens is 1. The van der Waals surface area contributed by atoms with E-state index >= 15 is 0 Å². The summed E-state index contributed by atoms with van der Waals surface area (Å²) in [6.07, 6.45) is 0. The molecule has 4 aromatic rings. The van der Waals surface area contributed by atoms with E-state index < -0.39 is 0 Å². The van der Waals surface area contributed by atoms with Gasteiger partial charge in [-0.05, 0) is 87.4 Å². The first-order valence-corrected chi connectivity index (χ1v) is 11.6. The summed E-state index contributed by atoms with van der Waals surface area (Å²) in [7, 11) is 0. The molecule has 34 heavy (non-hydrogen) atoms. The number of carbonyl (C=O) groups excluding carboxylic acids is 1. The van der Waals surface area contributed by atoms with Crippen LogP contribution in [0.5, 0.6) is 0 Å². The van der Waals surface area contributed by atoms with Crippen molar-refractivity contribution in [1.82, 2.24) is 9.88 Å². The van der Waals surface area contributed by atoms with Gasteiger partial charge in [0.15, 0.2) is 0 Å². The Morgan fingerprint density at radius 2 is 1.47 bits per heavy atom. The molecular formula is C29H30FN3O. The maximum atomic E-state index is 13.1. The van der Waals surface area contributed by atoms with Crippen LogP contribution in [0.1, 0.15) is 43.7 Å². The predicted octanol–water partition coefficient (Wildman–Crippen LogP) is 6.91. The summed E-state index contributed by atoms with van der Waals surface area (Å²) in [5.41, 5.74) is 5.05. The Bertz CT molecular complexity index is 1270. The number of hydrogen-bond acceptors (Lipinski definition) is 3. The highest BCUT2D eigenvalue weighted by atomic mass is 19.1. The molecule has 0 aliphatic carbocycles. The van der Waals surface area contributed by atoms with E-state index in [0.717, 1.165) is 40.0 Å². The topological polar surface area (TPSA) is 45.2 Å². The number of carbonyl (C=O) groups is 1. The van der Waals surface area contributed by atoms with Gasteiger partial charge in [-0.3, -0.25) is 14.7 Å². The van der Waals surface area contributed by atoms with Crippen LogP contribution in [-0.4, -0.2) is 27.9 Å². The van der Waals surface area contributed by atoms with Crippen molar-refractivity contribution >= 4 is 22.5 Å². The average Bonchev–Trinajstić information content (AvgIpc) is 2.82. The molecule has 0 spiro atoms. The number of pyridine rings is 1. The molecule has 0 aliphatic heterocycles. The molecule has 1 aromatic heterocycles. The van der Waals surface area contributed by atoms with Gasteiger partial charge in [0, 0.05) is 35.3 Å². The van der Waals surface area contributed by atoms with Crippen LogP contribution in [-0.2, 0) is 6.54 Å². The number of hydrogen-bond donors (Lipinski definition) is 1. The second kappa shape index (κ2) is 10.1. The lowest BCUT2D eigenvalue weighted by Gasteiger charge is -2.30. The van der Waals surface area contributed by atoms with Gasteiger partial charge in [-0.2, -0.15) is 0 Å². The zero-order chi connectivity index (χ0) is 24.2. The number of aromatic nitrogens is 1. The third-order valence-corrected chi connectivity index (χ3v) is 6.00. The highest BCUT2D eigenvalue weighted by molar-refractivity contribution is 6.05. The van der Waals surface area contributed by atoms with E-state index in [1.54, 1.807) is 24.3 Å². The quantitative estimate of drug-likeness (QED) is 0.329. The van der Waals surface area contributed by atoms with Crippen LogP contribution in [0.15, 0.2) is 78.9 Å². The van der Waals surface area contributed by atoms with E-state index in [9.17, 15) is 9.18 Å². The summed E-state index contributed by atoms with van der Waals surface area (Å²) in [5.74, 6) is -0.450. The Morgan fingerprint density at radius 3 is 2.09 bits per heavy atom. The van der Waals surface area contributed by atoms with Crippen molar-refractivity contribution < 1.29 is 9.18 Å². The molecule has 1 heterocycles. The summed E-state index contributed by atoms with van der Waals surface area (Å²) in [6.45, 7) is 9.61. The minimum Gasteiger partial charge on any atom is -0.322 e. The SMILES string of the molecule is CC(C)N(Cc1ccc2cc(NC(=O)c3ccc(-c4ccc(F)cc4)cc3)ccc2n1)C(C)C. The summed E-state index contributed by atoms with van der Waals surface area (Å²) >= 11 is 0. The monoisotopic (exact) mass is 455 g/mol. The number of benzene rings is 3. The van der Waals surface area contributed by atoms with E-state index in [4.69, 9.17) is 4.98 Å². The fraction of sp³-hybridized carbons (Fsp3) is 0.241. The van der Waals surface area contributed by atoms with E-state index in [-0.39, 0.29) is 11.7 Å². The normalized spacial score (nSPS) is 11.5.